The van der Waals surface area contributed by atoms with Crippen molar-refractivity contribution in [3.63, 3.8) is 0 Å². The molecule has 0 saturated heterocycles. The number of halogens is 2. The Morgan fingerprint density at radius 3 is 2.33 bits per heavy atom. The molecule has 0 nitrogen and oxygen atoms in total. The Morgan fingerprint density at radius 2 is 2.00 bits per heavy atom. The van der Waals surface area contributed by atoms with E-state index in [-0.39, 0.29) is 5.47 Å². The van der Waals surface area contributed by atoms with Crippen molar-refractivity contribution in [1.29, 1.82) is 0 Å². The molecule has 9 heavy (non-hydrogen) atoms. The maximum Gasteiger partial charge on any atom is 0.259 e. The van der Waals surface area contributed by atoms with Crippen molar-refractivity contribution in [2.45, 2.75) is 26.2 Å². The molecule has 0 saturated carbocycles. The van der Waals surface area contributed by atoms with E-state index >= 15 is 0 Å². The molecule has 0 N–H and O–H groups in total. The van der Waals surface area contributed by atoms with E-state index in [1.807, 2.05) is 6.92 Å². The summed E-state index contributed by atoms with van der Waals surface area (Å²) in [6, 6.07) is 0. The lowest BCUT2D eigenvalue weighted by Gasteiger charge is -1.95. The van der Waals surface area contributed by atoms with E-state index in [1.165, 1.54) is 0 Å². The van der Waals surface area contributed by atoms with Crippen LogP contribution in [0.25, 0.3) is 0 Å². The van der Waals surface area contributed by atoms with Crippen molar-refractivity contribution in [3.8, 4) is 0 Å². The smallest absolute Gasteiger partial charge is 0.174 e. The van der Waals surface area contributed by atoms with Gasteiger partial charge in [0.25, 0.3) is 6.08 Å². The van der Waals surface area contributed by atoms with E-state index in [0.29, 0.717) is 6.42 Å². The van der Waals surface area contributed by atoms with Crippen molar-refractivity contribution >= 4 is 7.85 Å². The van der Waals surface area contributed by atoms with Gasteiger partial charge in [-0.15, -0.1) is 0 Å². The van der Waals surface area contributed by atoms with Crippen molar-refractivity contribution in [3.05, 3.63) is 11.6 Å². The summed E-state index contributed by atoms with van der Waals surface area (Å²) in [6.07, 6.45) is 0.221. The third kappa shape index (κ3) is 4.19. The highest BCUT2D eigenvalue weighted by atomic mass is 19.3. The van der Waals surface area contributed by atoms with Crippen LogP contribution in [-0.4, -0.2) is 7.85 Å². The van der Waals surface area contributed by atoms with Crippen molar-refractivity contribution < 1.29 is 8.78 Å². The van der Waals surface area contributed by atoms with Crippen LogP contribution in [0.15, 0.2) is 11.6 Å². The average molecular weight is 130 g/mol. The average Bonchev–Trinajstić information content (AvgIpc) is 1.82. The number of unbranched alkanes of at least 4 members (excludes halogenated alkanes) is 1. The predicted molar refractivity (Wildman–Crippen MR) is 34.5 cm³/mol. The van der Waals surface area contributed by atoms with Gasteiger partial charge in [0.1, 0.15) is 7.85 Å². The Labute approximate surface area is 55.4 Å². The molecule has 0 spiro atoms. The quantitative estimate of drug-likeness (QED) is 0.514. The summed E-state index contributed by atoms with van der Waals surface area (Å²) in [7, 11) is 4.93. The third-order valence-electron chi connectivity index (χ3n) is 1.04. The molecule has 0 rings (SSSR count). The molecule has 0 aromatic carbocycles. The van der Waals surface area contributed by atoms with Gasteiger partial charge in [-0.2, -0.15) is 8.78 Å². The monoisotopic (exact) mass is 130 g/mol. The van der Waals surface area contributed by atoms with E-state index in [9.17, 15) is 8.78 Å². The van der Waals surface area contributed by atoms with Crippen LogP contribution in [0, 0.1) is 0 Å². The number of hydrogen-bond acceptors (Lipinski definition) is 0. The highest BCUT2D eigenvalue weighted by Crippen LogP contribution is 2.10. The second kappa shape index (κ2) is 4.53. The fourth-order valence-corrected chi connectivity index (χ4v) is 0.462. The van der Waals surface area contributed by atoms with Gasteiger partial charge in [-0.25, -0.2) is 0 Å². The van der Waals surface area contributed by atoms with E-state index < -0.39 is 6.08 Å². The molecule has 0 amide bonds. The minimum atomic E-state index is -1.73. The van der Waals surface area contributed by atoms with Crippen LogP contribution >= 0.6 is 0 Å². The van der Waals surface area contributed by atoms with Crippen LogP contribution < -0.4 is 0 Å². The first-order valence-electron chi connectivity index (χ1n) is 2.98. The summed E-state index contributed by atoms with van der Waals surface area (Å²) in [5.74, 6) is 0. The molecule has 0 fully saturated rings. The minimum Gasteiger partial charge on any atom is -0.174 e. The molecule has 0 aliphatic carbocycles. The number of rotatable bonds is 3. The second-order valence-electron chi connectivity index (χ2n) is 1.89. The van der Waals surface area contributed by atoms with Crippen LogP contribution in [-0.2, 0) is 0 Å². The Bertz CT molecular complexity index is 106. The maximum absolute atomic E-state index is 11.5. The molecule has 50 valence electrons. The SMILES string of the molecule is [B]C(CCCC)=C(F)F. The summed E-state index contributed by atoms with van der Waals surface area (Å²) < 4.78 is 23.0. The summed E-state index contributed by atoms with van der Waals surface area (Å²) in [5.41, 5.74) is -0.267. The highest BCUT2D eigenvalue weighted by molar-refractivity contribution is 6.21. The fraction of sp³-hybridized carbons (Fsp3) is 0.667. The molecular weight excluding hydrogens is 121 g/mol. The van der Waals surface area contributed by atoms with E-state index in [2.05, 4.69) is 0 Å². The van der Waals surface area contributed by atoms with Crippen LogP contribution in [0.4, 0.5) is 8.78 Å². The standard InChI is InChI=1S/C6H9BF2/c1-2-3-4-5(7)6(8)9/h2-4H2,1H3. The van der Waals surface area contributed by atoms with Gasteiger partial charge in [0.05, 0.1) is 0 Å². The molecule has 0 bridgehead atoms. The van der Waals surface area contributed by atoms with Crippen LogP contribution in [0.3, 0.4) is 0 Å². The van der Waals surface area contributed by atoms with Crippen LogP contribution in [0.5, 0.6) is 0 Å². The van der Waals surface area contributed by atoms with Gasteiger partial charge in [-0.3, -0.25) is 0 Å². The highest BCUT2D eigenvalue weighted by Gasteiger charge is 1.96. The normalized spacial score (nSPS) is 9.22. The molecular formula is C6H9BF2. The zero-order valence-electron chi connectivity index (χ0n) is 5.45. The summed E-state index contributed by atoms with van der Waals surface area (Å²) in [5, 5.41) is 0. The van der Waals surface area contributed by atoms with Crippen molar-refractivity contribution in [2.75, 3.05) is 0 Å². The van der Waals surface area contributed by atoms with Crippen molar-refractivity contribution in [2.24, 2.45) is 0 Å². The predicted octanol–water partition coefficient (Wildman–Crippen LogP) is 2.45. The van der Waals surface area contributed by atoms with Gasteiger partial charge >= 0.3 is 0 Å². The van der Waals surface area contributed by atoms with Crippen molar-refractivity contribution in [1.82, 2.24) is 0 Å². The Morgan fingerprint density at radius 1 is 1.44 bits per heavy atom. The molecule has 2 radical (unpaired) electrons. The Hall–Kier alpha value is -0.335. The van der Waals surface area contributed by atoms with Crippen LogP contribution in [0.1, 0.15) is 26.2 Å². The first kappa shape index (κ1) is 8.66. The largest absolute Gasteiger partial charge is 0.259 e. The molecule has 0 atom stereocenters. The van der Waals surface area contributed by atoms with Gasteiger partial charge in [0.15, 0.2) is 0 Å². The number of hydrogen-bond donors (Lipinski definition) is 0. The zero-order chi connectivity index (χ0) is 7.28. The van der Waals surface area contributed by atoms with E-state index in [1.54, 1.807) is 0 Å². The molecule has 0 unspecified atom stereocenters. The summed E-state index contributed by atoms with van der Waals surface area (Å²) in [6.45, 7) is 1.93. The minimum absolute atomic E-state index is 0.267. The molecule has 0 aliphatic heterocycles. The second-order valence-corrected chi connectivity index (χ2v) is 1.89. The lowest BCUT2D eigenvalue weighted by atomic mass is 9.92. The third-order valence-corrected chi connectivity index (χ3v) is 1.04. The zero-order valence-corrected chi connectivity index (χ0v) is 5.45. The molecule has 3 heteroatoms. The summed E-state index contributed by atoms with van der Waals surface area (Å²) in [4.78, 5) is 0. The fourth-order valence-electron chi connectivity index (χ4n) is 0.462. The maximum atomic E-state index is 11.5. The Balaban J connectivity index is 3.50. The van der Waals surface area contributed by atoms with Gasteiger partial charge < -0.3 is 0 Å². The van der Waals surface area contributed by atoms with E-state index in [4.69, 9.17) is 7.85 Å². The Kier molecular flexibility index (Phi) is 4.37. The first-order chi connectivity index (χ1) is 4.18. The topological polar surface area (TPSA) is 0 Å². The molecule has 0 aromatic rings. The lowest BCUT2D eigenvalue weighted by molar-refractivity contribution is 0.413. The number of allylic oxidation sites excluding steroid dienone is 1. The van der Waals surface area contributed by atoms with Gasteiger partial charge in [0.2, 0.25) is 0 Å². The molecule has 0 aliphatic rings. The van der Waals surface area contributed by atoms with Crippen LogP contribution in [0.2, 0.25) is 0 Å². The molecule has 0 heterocycles. The van der Waals surface area contributed by atoms with Gasteiger partial charge in [-0.05, 0) is 6.42 Å². The van der Waals surface area contributed by atoms with Gasteiger partial charge in [0, 0.05) is 0 Å². The van der Waals surface area contributed by atoms with E-state index in [0.717, 1.165) is 12.8 Å². The van der Waals surface area contributed by atoms with Gasteiger partial charge in [-0.1, -0.05) is 25.2 Å². The molecule has 0 aromatic heterocycles. The summed E-state index contributed by atoms with van der Waals surface area (Å²) >= 11 is 0. The first-order valence-corrected chi connectivity index (χ1v) is 2.98. The lowest BCUT2D eigenvalue weighted by Crippen LogP contribution is -1.83.